The third kappa shape index (κ3) is 4.86. The van der Waals surface area contributed by atoms with Gasteiger partial charge in [0.25, 0.3) is 0 Å². The van der Waals surface area contributed by atoms with Crippen molar-refractivity contribution >= 4 is 5.91 Å². The Bertz CT molecular complexity index is 957. The second-order valence-electron chi connectivity index (χ2n) is 10.0. The number of fused-ring (bicyclic) bond motifs is 1. The van der Waals surface area contributed by atoms with Gasteiger partial charge < -0.3 is 9.64 Å². The fraction of sp³-hybridized carbons (Fsp3) is 0.536. The number of carbonyl (C=O) groups is 1. The highest BCUT2D eigenvalue weighted by Gasteiger charge is 2.47. The monoisotopic (exact) mass is 447 g/mol. The van der Waals surface area contributed by atoms with Crippen LogP contribution in [0, 0.1) is 13.8 Å². The van der Waals surface area contributed by atoms with E-state index in [2.05, 4.69) is 77.1 Å². The summed E-state index contributed by atoms with van der Waals surface area (Å²) in [6.07, 6.45) is 2.98. The zero-order chi connectivity index (χ0) is 22.8. The number of hydrogen-bond donors (Lipinski definition) is 0. The molecule has 2 aromatic carbocycles. The molecule has 1 amide bonds. The van der Waals surface area contributed by atoms with Gasteiger partial charge in [0.05, 0.1) is 37.8 Å². The molecule has 3 heterocycles. The van der Waals surface area contributed by atoms with Crippen molar-refractivity contribution in [2.45, 2.75) is 57.8 Å². The summed E-state index contributed by atoms with van der Waals surface area (Å²) in [7, 11) is 0. The van der Waals surface area contributed by atoms with E-state index in [1.165, 1.54) is 29.5 Å². The first-order valence-corrected chi connectivity index (χ1v) is 12.6. The number of likely N-dealkylation sites (tertiary alicyclic amines) is 1. The van der Waals surface area contributed by atoms with Crippen LogP contribution in [0.3, 0.4) is 0 Å². The van der Waals surface area contributed by atoms with E-state index in [1.54, 1.807) is 0 Å². The van der Waals surface area contributed by atoms with Crippen LogP contribution in [0.15, 0.2) is 48.5 Å². The fourth-order valence-electron chi connectivity index (χ4n) is 5.94. The minimum Gasteiger partial charge on any atom is -0.378 e. The molecule has 0 saturated carbocycles. The van der Waals surface area contributed by atoms with E-state index in [9.17, 15) is 4.79 Å². The van der Waals surface area contributed by atoms with Gasteiger partial charge in [0.2, 0.25) is 5.91 Å². The largest absolute Gasteiger partial charge is 0.378 e. The van der Waals surface area contributed by atoms with Crippen LogP contribution in [0.1, 0.15) is 35.1 Å². The Labute approximate surface area is 198 Å². The van der Waals surface area contributed by atoms with Gasteiger partial charge in [-0.05, 0) is 62.0 Å². The number of piperazine rings is 1. The Balaban J connectivity index is 1.39. The molecule has 0 N–H and O–H groups in total. The Morgan fingerprint density at radius 2 is 1.64 bits per heavy atom. The molecule has 5 rings (SSSR count). The minimum absolute atomic E-state index is 0.188. The summed E-state index contributed by atoms with van der Waals surface area (Å²) in [6, 6.07) is 17.8. The van der Waals surface area contributed by atoms with E-state index >= 15 is 0 Å². The van der Waals surface area contributed by atoms with Crippen LogP contribution in [0.2, 0.25) is 0 Å². The minimum atomic E-state index is 0.188. The van der Waals surface area contributed by atoms with Crippen molar-refractivity contribution in [2.24, 2.45) is 0 Å². The van der Waals surface area contributed by atoms with Crippen molar-refractivity contribution in [1.82, 2.24) is 14.7 Å². The van der Waals surface area contributed by atoms with Crippen molar-refractivity contribution in [3.8, 4) is 0 Å². The third-order valence-electron chi connectivity index (χ3n) is 7.91. The van der Waals surface area contributed by atoms with Gasteiger partial charge in [-0.3, -0.25) is 14.6 Å². The Morgan fingerprint density at radius 1 is 0.879 bits per heavy atom. The lowest BCUT2D eigenvalue weighted by atomic mass is 9.90. The molecule has 0 radical (unpaired) electrons. The van der Waals surface area contributed by atoms with E-state index in [0.717, 1.165) is 44.9 Å². The zero-order valence-electron chi connectivity index (χ0n) is 20.1. The van der Waals surface area contributed by atoms with Gasteiger partial charge in [0.15, 0.2) is 0 Å². The maximum atomic E-state index is 13.7. The first-order valence-electron chi connectivity index (χ1n) is 12.6. The highest BCUT2D eigenvalue weighted by molar-refractivity contribution is 5.79. The molecule has 3 aliphatic rings. The van der Waals surface area contributed by atoms with Gasteiger partial charge in [-0.2, -0.15) is 0 Å². The lowest BCUT2D eigenvalue weighted by molar-refractivity contribution is -0.153. The Kier molecular flexibility index (Phi) is 6.81. The fourth-order valence-corrected chi connectivity index (χ4v) is 5.94. The standard InChI is InChI=1S/C28H37N3O2/c1-21-10-11-24(16-22(21)2)17-27(32)31-15-14-30(18-23-8-4-3-5-9-23)26-20-33-19-25(28(26)31)29-12-6-7-13-29/h3-5,8-11,16,25-26,28H,6-7,12-15,17-20H2,1-2H3/t25-,26+,28+/m0/s1. The second kappa shape index (κ2) is 9.96. The first kappa shape index (κ1) is 22.6. The van der Waals surface area contributed by atoms with Gasteiger partial charge in [-0.1, -0.05) is 48.5 Å². The maximum Gasteiger partial charge on any atom is 0.227 e. The molecule has 0 aliphatic carbocycles. The summed E-state index contributed by atoms with van der Waals surface area (Å²) in [4.78, 5) is 21.0. The lowest BCUT2D eigenvalue weighted by Gasteiger charge is -2.54. The maximum absolute atomic E-state index is 13.7. The van der Waals surface area contributed by atoms with Crippen LogP contribution in [-0.4, -0.2) is 78.1 Å². The first-order chi connectivity index (χ1) is 16.1. The predicted molar refractivity (Wildman–Crippen MR) is 131 cm³/mol. The summed E-state index contributed by atoms with van der Waals surface area (Å²) in [5.74, 6) is 0.263. The number of nitrogens with zero attached hydrogens (tertiary/aromatic N) is 3. The van der Waals surface area contributed by atoms with Crippen LogP contribution < -0.4 is 0 Å². The van der Waals surface area contributed by atoms with Gasteiger partial charge in [0, 0.05) is 19.6 Å². The van der Waals surface area contributed by atoms with E-state index in [-0.39, 0.29) is 24.0 Å². The number of hydrogen-bond acceptors (Lipinski definition) is 4. The second-order valence-corrected chi connectivity index (χ2v) is 10.0. The number of aryl methyl sites for hydroxylation is 2. The average Bonchev–Trinajstić information content (AvgIpc) is 3.37. The molecule has 0 aromatic heterocycles. The van der Waals surface area contributed by atoms with E-state index < -0.39 is 0 Å². The molecule has 0 unspecified atom stereocenters. The smallest absolute Gasteiger partial charge is 0.227 e. The Hall–Kier alpha value is -2.21. The van der Waals surface area contributed by atoms with Crippen LogP contribution in [-0.2, 0) is 22.5 Å². The molecule has 5 heteroatoms. The van der Waals surface area contributed by atoms with Crippen molar-refractivity contribution < 1.29 is 9.53 Å². The van der Waals surface area contributed by atoms with Crippen molar-refractivity contribution in [2.75, 3.05) is 39.4 Å². The topological polar surface area (TPSA) is 36.0 Å². The Morgan fingerprint density at radius 3 is 2.39 bits per heavy atom. The zero-order valence-corrected chi connectivity index (χ0v) is 20.1. The molecule has 0 spiro atoms. The molecule has 2 aromatic rings. The quantitative estimate of drug-likeness (QED) is 0.704. The van der Waals surface area contributed by atoms with E-state index in [1.807, 2.05) is 0 Å². The highest BCUT2D eigenvalue weighted by Crippen LogP contribution is 2.31. The van der Waals surface area contributed by atoms with Crippen molar-refractivity contribution in [3.05, 3.63) is 70.8 Å². The SMILES string of the molecule is Cc1ccc(CC(=O)N2CCN(Cc3ccccc3)[C@@H]3COC[C@H](N4CCCC4)[C@H]32)cc1C. The molecule has 3 atom stereocenters. The van der Waals surface area contributed by atoms with E-state index in [0.29, 0.717) is 13.0 Å². The number of benzene rings is 2. The summed E-state index contributed by atoms with van der Waals surface area (Å²) in [5.41, 5.74) is 4.98. The predicted octanol–water partition coefficient (Wildman–Crippen LogP) is 3.42. The molecule has 0 bridgehead atoms. The van der Waals surface area contributed by atoms with Crippen molar-refractivity contribution in [3.63, 3.8) is 0 Å². The average molecular weight is 448 g/mol. The third-order valence-corrected chi connectivity index (χ3v) is 7.91. The van der Waals surface area contributed by atoms with Gasteiger partial charge in [-0.25, -0.2) is 0 Å². The molecular weight excluding hydrogens is 410 g/mol. The molecule has 176 valence electrons. The number of amides is 1. The molecule has 33 heavy (non-hydrogen) atoms. The van der Waals surface area contributed by atoms with Gasteiger partial charge in [-0.15, -0.1) is 0 Å². The lowest BCUT2D eigenvalue weighted by Crippen LogP contribution is -2.71. The van der Waals surface area contributed by atoms with E-state index in [4.69, 9.17) is 4.74 Å². The van der Waals surface area contributed by atoms with Crippen LogP contribution in [0.5, 0.6) is 0 Å². The van der Waals surface area contributed by atoms with Crippen LogP contribution in [0.25, 0.3) is 0 Å². The highest BCUT2D eigenvalue weighted by atomic mass is 16.5. The number of carbonyl (C=O) groups excluding carboxylic acids is 1. The van der Waals surface area contributed by atoms with Gasteiger partial charge >= 0.3 is 0 Å². The molecule has 3 saturated heterocycles. The van der Waals surface area contributed by atoms with Crippen LogP contribution >= 0.6 is 0 Å². The van der Waals surface area contributed by atoms with Crippen LogP contribution in [0.4, 0.5) is 0 Å². The molecular formula is C28H37N3O2. The number of rotatable bonds is 5. The normalized spacial score (nSPS) is 26.4. The van der Waals surface area contributed by atoms with Gasteiger partial charge in [0.1, 0.15) is 0 Å². The molecule has 3 aliphatic heterocycles. The summed E-state index contributed by atoms with van der Waals surface area (Å²) in [5, 5.41) is 0. The molecule has 5 nitrogen and oxygen atoms in total. The summed E-state index contributed by atoms with van der Waals surface area (Å²) >= 11 is 0. The molecule has 3 fully saturated rings. The van der Waals surface area contributed by atoms with Crippen molar-refractivity contribution in [1.29, 1.82) is 0 Å². The number of ether oxygens (including phenoxy) is 1. The summed E-state index contributed by atoms with van der Waals surface area (Å²) in [6.45, 7) is 10.5. The summed E-state index contributed by atoms with van der Waals surface area (Å²) < 4.78 is 6.19.